The molecule has 1 aliphatic heterocycles. The monoisotopic (exact) mass is 565 g/mol. The van der Waals surface area contributed by atoms with Gasteiger partial charge in [0.05, 0.1) is 18.0 Å². The van der Waals surface area contributed by atoms with Gasteiger partial charge in [-0.3, -0.25) is 9.93 Å². The Balaban J connectivity index is 2.33. The Hall–Kier alpha value is -1.87. The van der Waals surface area contributed by atoms with Gasteiger partial charge in [0.25, 0.3) is 0 Å². The first kappa shape index (κ1) is 29.4. The third-order valence-electron chi connectivity index (χ3n) is 4.46. The van der Waals surface area contributed by atoms with Crippen molar-refractivity contribution in [1.82, 2.24) is 4.98 Å². The van der Waals surface area contributed by atoms with Crippen molar-refractivity contribution in [1.29, 1.82) is 10.7 Å². The number of H-pyrrole nitrogens is 1. The molecule has 18 nitrogen and oxygen atoms in total. The molecule has 0 aromatic carbocycles. The van der Waals surface area contributed by atoms with Crippen molar-refractivity contribution in [3.05, 3.63) is 23.5 Å². The highest BCUT2D eigenvalue weighted by molar-refractivity contribution is 7.66. The standard InChI is InChI=1S/C13H19FN5O13P3/c14-3-12(5-29-34(25,26)32-35(27,28)31-33(22,23)24)9(20)10(21)13(4-15,30-12)8-2-1-7(19-8)11(17)18-6-16/h1-2,6,9-10,19-21H,3,5H2,(H,25,26)(H,27,28)(H3,16,17,18)(H2,22,23,24)/t9-,10+,12+,13-/m0/s1. The number of nitriles is 1. The first-order chi connectivity index (χ1) is 16.0. The minimum Gasteiger partial charge on any atom is -0.387 e. The maximum absolute atomic E-state index is 14.0. The number of phosphoric ester groups is 1. The molecule has 1 aromatic heterocycles. The number of nitrogens with two attached hydrogens (primary N) is 1. The number of rotatable bonds is 11. The van der Waals surface area contributed by atoms with Gasteiger partial charge < -0.3 is 45.2 Å². The van der Waals surface area contributed by atoms with Crippen LogP contribution in [0, 0.1) is 16.7 Å². The zero-order valence-electron chi connectivity index (χ0n) is 17.0. The van der Waals surface area contributed by atoms with Gasteiger partial charge in [-0.15, -0.1) is 0 Å². The van der Waals surface area contributed by atoms with Gasteiger partial charge in [-0.05, 0) is 12.1 Å². The Labute approximate surface area is 194 Å². The number of phosphoric acid groups is 3. The Morgan fingerprint density at radius 3 is 2.40 bits per heavy atom. The average Bonchev–Trinajstić information content (AvgIpc) is 3.29. The van der Waals surface area contributed by atoms with Crippen molar-refractivity contribution in [2.75, 3.05) is 13.3 Å². The Morgan fingerprint density at radius 2 is 1.89 bits per heavy atom. The molecule has 1 saturated heterocycles. The van der Waals surface area contributed by atoms with Crippen LogP contribution in [0.5, 0.6) is 0 Å². The lowest BCUT2D eigenvalue weighted by Gasteiger charge is -2.30. The van der Waals surface area contributed by atoms with Gasteiger partial charge in [0.1, 0.15) is 37.1 Å². The number of hydrogen-bond donors (Lipinski definition) is 9. The first-order valence-electron chi connectivity index (χ1n) is 8.80. The zero-order chi connectivity index (χ0) is 26.9. The van der Waals surface area contributed by atoms with Crippen molar-refractivity contribution >= 4 is 35.6 Å². The minimum absolute atomic E-state index is 0.0365. The molecule has 2 rings (SSSR count). The van der Waals surface area contributed by atoms with E-state index < -0.39 is 60.2 Å². The molecule has 0 radical (unpaired) electrons. The number of aliphatic hydroxyl groups excluding tert-OH is 2. The highest BCUT2D eigenvalue weighted by Gasteiger charge is 2.65. The lowest BCUT2D eigenvalue weighted by atomic mass is 9.89. The summed E-state index contributed by atoms with van der Waals surface area (Å²) in [6, 6.07) is 3.94. The lowest BCUT2D eigenvalue weighted by molar-refractivity contribution is -0.141. The fraction of sp³-hybridized carbons (Fsp3) is 0.462. The molecule has 10 N–H and O–H groups in total. The summed E-state index contributed by atoms with van der Waals surface area (Å²) in [6.45, 7) is -3.24. The number of nitrogens with one attached hydrogen (secondary N) is 2. The number of halogens is 1. The molecule has 35 heavy (non-hydrogen) atoms. The quantitative estimate of drug-likeness (QED) is 0.0869. The number of alkyl halides is 1. The van der Waals surface area contributed by atoms with E-state index in [0.717, 1.165) is 6.07 Å². The van der Waals surface area contributed by atoms with Gasteiger partial charge in [-0.25, -0.2) is 23.1 Å². The highest BCUT2D eigenvalue weighted by Crippen LogP contribution is 2.66. The van der Waals surface area contributed by atoms with E-state index in [1.807, 2.05) is 0 Å². The van der Waals surface area contributed by atoms with E-state index in [4.69, 9.17) is 25.7 Å². The molecule has 0 amide bonds. The van der Waals surface area contributed by atoms with Crippen LogP contribution < -0.4 is 5.73 Å². The fourth-order valence-corrected chi connectivity index (χ4v) is 6.05. The number of ether oxygens (including phenoxy) is 1. The largest absolute Gasteiger partial charge is 0.490 e. The number of amidine groups is 1. The molecule has 2 unspecified atom stereocenters. The molecule has 0 spiro atoms. The SMILES string of the molecule is N#C[C@@]1(c2ccc(C(N)=NC=N)[nH]2)O[C@](CF)(COP(=O)(O)OP(=O)(O)OP(=O)(O)O)[C@@H](O)[C@H]1O. The maximum atomic E-state index is 14.0. The summed E-state index contributed by atoms with van der Waals surface area (Å²) in [5.41, 5.74) is 0.0924. The molecule has 22 heteroatoms. The van der Waals surface area contributed by atoms with E-state index >= 15 is 0 Å². The summed E-state index contributed by atoms with van der Waals surface area (Å²) in [4.78, 5) is 41.9. The second-order valence-electron chi connectivity index (χ2n) is 6.83. The third-order valence-corrected chi connectivity index (χ3v) is 8.25. The van der Waals surface area contributed by atoms with Gasteiger partial charge in [0.2, 0.25) is 5.60 Å². The molecule has 0 aliphatic carbocycles. The Kier molecular flexibility index (Phi) is 8.59. The molecule has 1 aliphatic rings. The van der Waals surface area contributed by atoms with Crippen LogP contribution in [-0.4, -0.2) is 78.0 Å². The smallest absolute Gasteiger partial charge is 0.387 e. The third kappa shape index (κ3) is 6.47. The minimum atomic E-state index is -5.89. The summed E-state index contributed by atoms with van der Waals surface area (Å²) < 4.78 is 64.8. The molecular weight excluding hydrogens is 546 g/mol. The van der Waals surface area contributed by atoms with E-state index in [1.54, 1.807) is 6.07 Å². The van der Waals surface area contributed by atoms with Gasteiger partial charge in [0.15, 0.2) is 5.60 Å². The molecule has 1 fully saturated rings. The highest BCUT2D eigenvalue weighted by atomic mass is 31.3. The topological polar surface area (TPSA) is 311 Å². The second-order valence-corrected chi connectivity index (χ2v) is 11.3. The predicted molar refractivity (Wildman–Crippen MR) is 109 cm³/mol. The summed E-state index contributed by atoms with van der Waals surface area (Å²) in [5.74, 6) is -0.225. The van der Waals surface area contributed by atoms with Crippen molar-refractivity contribution in [3.63, 3.8) is 0 Å². The normalized spacial score (nSPS) is 30.9. The van der Waals surface area contributed by atoms with Crippen molar-refractivity contribution in [3.8, 4) is 6.07 Å². The van der Waals surface area contributed by atoms with Crippen LogP contribution in [0.15, 0.2) is 17.1 Å². The molecule has 2 heterocycles. The maximum Gasteiger partial charge on any atom is 0.490 e. The van der Waals surface area contributed by atoms with Crippen LogP contribution >= 0.6 is 23.5 Å². The number of nitrogens with zero attached hydrogens (tertiary/aromatic N) is 2. The van der Waals surface area contributed by atoms with Crippen LogP contribution in [-0.2, 0) is 37.2 Å². The number of aliphatic hydroxyl groups is 2. The van der Waals surface area contributed by atoms with Crippen LogP contribution in [0.4, 0.5) is 4.39 Å². The predicted octanol–water partition coefficient (Wildman–Crippen LogP) is -1.15. The lowest BCUT2D eigenvalue weighted by Crippen LogP contribution is -2.48. The Bertz CT molecular complexity index is 1180. The van der Waals surface area contributed by atoms with Crippen LogP contribution in [0.2, 0.25) is 0 Å². The molecule has 0 saturated carbocycles. The van der Waals surface area contributed by atoms with Crippen LogP contribution in [0.3, 0.4) is 0 Å². The first-order valence-corrected chi connectivity index (χ1v) is 13.3. The zero-order valence-corrected chi connectivity index (χ0v) is 19.7. The number of aromatic amines is 1. The molecule has 196 valence electrons. The van der Waals surface area contributed by atoms with E-state index in [-0.39, 0.29) is 17.2 Å². The molecular formula is C13H19FN5O13P3. The summed E-state index contributed by atoms with van der Waals surface area (Å²) in [7, 11) is -17.3. The second kappa shape index (κ2) is 10.2. The number of aliphatic imine (C=N–C) groups is 1. The summed E-state index contributed by atoms with van der Waals surface area (Å²) in [5, 5.41) is 37.6. The van der Waals surface area contributed by atoms with E-state index in [1.165, 1.54) is 6.07 Å². The molecule has 1 aromatic rings. The van der Waals surface area contributed by atoms with Gasteiger partial charge in [-0.1, -0.05) is 0 Å². The molecule has 0 bridgehead atoms. The summed E-state index contributed by atoms with van der Waals surface area (Å²) in [6.07, 6.45) is -3.91. The van der Waals surface area contributed by atoms with Crippen LogP contribution in [0.1, 0.15) is 11.4 Å². The van der Waals surface area contributed by atoms with Gasteiger partial charge in [-0.2, -0.15) is 13.9 Å². The average molecular weight is 565 g/mol. The number of aromatic nitrogens is 1. The van der Waals surface area contributed by atoms with Crippen molar-refractivity contribution in [2.24, 2.45) is 10.7 Å². The fourth-order valence-electron chi connectivity index (χ4n) is 2.97. The van der Waals surface area contributed by atoms with Gasteiger partial charge in [0, 0.05) is 0 Å². The van der Waals surface area contributed by atoms with Crippen molar-refractivity contribution in [2.45, 2.75) is 23.4 Å². The van der Waals surface area contributed by atoms with E-state index in [0.29, 0.717) is 6.34 Å². The van der Waals surface area contributed by atoms with Crippen LogP contribution in [0.25, 0.3) is 0 Å². The van der Waals surface area contributed by atoms with Crippen molar-refractivity contribution < 1.29 is 65.8 Å². The van der Waals surface area contributed by atoms with E-state index in [9.17, 15) is 43.3 Å². The van der Waals surface area contributed by atoms with E-state index in [2.05, 4.69) is 23.1 Å². The number of hydrogen-bond acceptors (Lipinski definition) is 11. The summed E-state index contributed by atoms with van der Waals surface area (Å²) >= 11 is 0. The Morgan fingerprint density at radius 1 is 1.26 bits per heavy atom. The molecule has 6 atom stereocenters. The van der Waals surface area contributed by atoms with Gasteiger partial charge >= 0.3 is 23.5 Å².